The molecule has 0 N–H and O–H groups in total. The zero-order valence-corrected chi connectivity index (χ0v) is 12.7. The third-order valence-corrected chi connectivity index (χ3v) is 4.31. The summed E-state index contributed by atoms with van der Waals surface area (Å²) in [5, 5.41) is 0.935. The quantitative estimate of drug-likeness (QED) is 0.702. The van der Waals surface area contributed by atoms with Gasteiger partial charge in [-0.05, 0) is 54.0 Å². The molecule has 0 aliphatic rings. The molecule has 0 atom stereocenters. The molecule has 0 amide bonds. The van der Waals surface area contributed by atoms with Crippen molar-refractivity contribution < 1.29 is 0 Å². The maximum absolute atomic E-state index is 6.41. The number of benzene rings is 2. The number of aryl methyl sites for hydroxylation is 2. The van der Waals surface area contributed by atoms with E-state index in [1.54, 1.807) is 0 Å². The molecule has 2 aromatic rings. The first-order valence-corrected chi connectivity index (χ1v) is 7.38. The van der Waals surface area contributed by atoms with E-state index in [1.807, 2.05) is 0 Å². The molecule has 0 aliphatic heterocycles. The van der Waals surface area contributed by atoms with Crippen molar-refractivity contribution >= 4 is 11.6 Å². The van der Waals surface area contributed by atoms with Crippen LogP contribution in [0.3, 0.4) is 0 Å². The van der Waals surface area contributed by atoms with Gasteiger partial charge < -0.3 is 0 Å². The van der Waals surface area contributed by atoms with Gasteiger partial charge in [0.05, 0.1) is 0 Å². The molecular weight excluding hydrogens is 252 g/mol. The van der Waals surface area contributed by atoms with Crippen molar-refractivity contribution in [1.82, 2.24) is 0 Å². The highest BCUT2D eigenvalue weighted by Crippen LogP contribution is 2.26. The van der Waals surface area contributed by atoms with Gasteiger partial charge in [0, 0.05) is 5.02 Å². The Morgan fingerprint density at radius 1 is 0.789 bits per heavy atom. The molecular formula is C18H21Cl. The van der Waals surface area contributed by atoms with Crippen LogP contribution in [0.4, 0.5) is 0 Å². The number of hydrogen-bond acceptors (Lipinski definition) is 0. The smallest absolute Gasteiger partial charge is 0.0469 e. The Kier molecular flexibility index (Phi) is 4.66. The van der Waals surface area contributed by atoms with E-state index in [-0.39, 0.29) is 0 Å². The summed E-state index contributed by atoms with van der Waals surface area (Å²) in [5.74, 6) is 0. The third-order valence-electron chi connectivity index (χ3n) is 3.79. The van der Waals surface area contributed by atoms with E-state index in [1.165, 1.54) is 27.8 Å². The second-order valence-corrected chi connectivity index (χ2v) is 5.40. The van der Waals surface area contributed by atoms with Crippen molar-refractivity contribution in [2.24, 2.45) is 0 Å². The third kappa shape index (κ3) is 3.19. The van der Waals surface area contributed by atoms with Gasteiger partial charge in [0.15, 0.2) is 0 Å². The maximum atomic E-state index is 6.41. The molecule has 2 rings (SSSR count). The summed E-state index contributed by atoms with van der Waals surface area (Å²) in [7, 11) is 0. The fourth-order valence-electron chi connectivity index (χ4n) is 2.36. The Balaban J connectivity index is 2.25. The summed E-state index contributed by atoms with van der Waals surface area (Å²) in [5.41, 5.74) is 6.52. The predicted octanol–water partition coefficient (Wildman–Crippen LogP) is 5.36. The summed E-state index contributed by atoms with van der Waals surface area (Å²) in [6, 6.07) is 13.2. The first-order chi connectivity index (χ1) is 9.15. The van der Waals surface area contributed by atoms with Crippen LogP contribution in [0.15, 0.2) is 36.4 Å². The first kappa shape index (κ1) is 14.1. The zero-order valence-electron chi connectivity index (χ0n) is 12.0. The van der Waals surface area contributed by atoms with E-state index in [0.29, 0.717) is 0 Å². The van der Waals surface area contributed by atoms with Gasteiger partial charge in [-0.15, -0.1) is 0 Å². The average molecular weight is 273 g/mol. The predicted molar refractivity (Wildman–Crippen MR) is 84.2 cm³/mol. The van der Waals surface area contributed by atoms with Crippen LogP contribution in [-0.4, -0.2) is 0 Å². The van der Waals surface area contributed by atoms with E-state index < -0.39 is 0 Å². The van der Waals surface area contributed by atoms with E-state index >= 15 is 0 Å². The summed E-state index contributed by atoms with van der Waals surface area (Å²) >= 11 is 6.41. The lowest BCUT2D eigenvalue weighted by Crippen LogP contribution is -1.96. The minimum absolute atomic E-state index is 0.935. The molecule has 0 radical (unpaired) electrons. The Bertz CT molecular complexity index is 553. The van der Waals surface area contributed by atoms with Crippen molar-refractivity contribution in [1.29, 1.82) is 0 Å². The van der Waals surface area contributed by atoms with Crippen LogP contribution < -0.4 is 0 Å². The molecule has 0 saturated heterocycles. The summed E-state index contributed by atoms with van der Waals surface area (Å²) in [6.07, 6.45) is 3.04. The van der Waals surface area contributed by atoms with Crippen LogP contribution >= 0.6 is 11.6 Å². The molecule has 0 heterocycles. The lowest BCUT2D eigenvalue weighted by molar-refractivity contribution is 1.09. The van der Waals surface area contributed by atoms with Gasteiger partial charge in [0.1, 0.15) is 0 Å². The Morgan fingerprint density at radius 3 is 1.95 bits per heavy atom. The summed E-state index contributed by atoms with van der Waals surface area (Å²) < 4.78 is 0. The Morgan fingerprint density at radius 2 is 1.37 bits per heavy atom. The van der Waals surface area contributed by atoms with Crippen LogP contribution in [0.5, 0.6) is 0 Å². The van der Waals surface area contributed by atoms with E-state index in [0.717, 1.165) is 24.3 Å². The topological polar surface area (TPSA) is 0 Å². The van der Waals surface area contributed by atoms with Crippen molar-refractivity contribution in [3.05, 3.63) is 69.2 Å². The van der Waals surface area contributed by atoms with Gasteiger partial charge in [-0.1, -0.05) is 61.8 Å². The van der Waals surface area contributed by atoms with Crippen molar-refractivity contribution in [2.45, 2.75) is 40.0 Å². The highest BCUT2D eigenvalue weighted by Gasteiger charge is 2.07. The molecule has 0 aromatic heterocycles. The van der Waals surface area contributed by atoms with Crippen LogP contribution in [0, 0.1) is 6.92 Å². The zero-order chi connectivity index (χ0) is 13.8. The van der Waals surface area contributed by atoms with Gasteiger partial charge in [-0.2, -0.15) is 0 Å². The first-order valence-electron chi connectivity index (χ1n) is 7.00. The lowest BCUT2D eigenvalue weighted by Gasteiger charge is -2.11. The van der Waals surface area contributed by atoms with Gasteiger partial charge in [0.2, 0.25) is 0 Å². The molecule has 2 aromatic carbocycles. The number of hydrogen-bond donors (Lipinski definition) is 0. The molecule has 0 nitrogen and oxygen atoms in total. The molecule has 100 valence electrons. The van der Waals surface area contributed by atoms with Gasteiger partial charge in [-0.25, -0.2) is 0 Å². The Hall–Kier alpha value is -1.27. The van der Waals surface area contributed by atoms with Gasteiger partial charge >= 0.3 is 0 Å². The summed E-state index contributed by atoms with van der Waals surface area (Å²) in [4.78, 5) is 0. The molecule has 0 fully saturated rings. The minimum Gasteiger partial charge on any atom is -0.0837 e. The largest absolute Gasteiger partial charge is 0.0837 e. The number of halogens is 1. The van der Waals surface area contributed by atoms with E-state index in [9.17, 15) is 0 Å². The van der Waals surface area contributed by atoms with Crippen molar-refractivity contribution in [3.8, 4) is 0 Å². The molecule has 0 aliphatic carbocycles. The highest BCUT2D eigenvalue weighted by molar-refractivity contribution is 6.32. The van der Waals surface area contributed by atoms with Crippen LogP contribution in [0.25, 0.3) is 0 Å². The summed E-state index contributed by atoms with van der Waals surface area (Å²) in [6.45, 7) is 6.45. The van der Waals surface area contributed by atoms with Gasteiger partial charge in [0.25, 0.3) is 0 Å². The second-order valence-electron chi connectivity index (χ2n) is 5.02. The standard InChI is InChI=1S/C18H21Cl/c1-4-14-6-8-15(9-7-14)12-17-11-10-16(5-2)18(19)13(17)3/h6-11H,4-5,12H2,1-3H3. The van der Waals surface area contributed by atoms with Crippen LogP contribution in [0.1, 0.15) is 41.7 Å². The van der Waals surface area contributed by atoms with Crippen LogP contribution in [-0.2, 0) is 19.3 Å². The molecule has 0 bridgehead atoms. The molecule has 1 heteroatoms. The van der Waals surface area contributed by atoms with Gasteiger partial charge in [-0.3, -0.25) is 0 Å². The van der Waals surface area contributed by atoms with Crippen molar-refractivity contribution in [2.75, 3.05) is 0 Å². The monoisotopic (exact) mass is 272 g/mol. The maximum Gasteiger partial charge on any atom is 0.0469 e. The minimum atomic E-state index is 0.935. The fourth-order valence-corrected chi connectivity index (χ4v) is 2.68. The number of rotatable bonds is 4. The Labute approximate surface area is 121 Å². The van der Waals surface area contributed by atoms with E-state index in [2.05, 4.69) is 57.2 Å². The average Bonchev–Trinajstić information content (AvgIpc) is 2.45. The normalized spacial score (nSPS) is 10.7. The highest BCUT2D eigenvalue weighted by atomic mass is 35.5. The molecule has 19 heavy (non-hydrogen) atoms. The molecule has 0 unspecified atom stereocenters. The van der Waals surface area contributed by atoms with E-state index in [4.69, 9.17) is 11.6 Å². The second kappa shape index (κ2) is 6.25. The SMILES string of the molecule is CCc1ccc(Cc2ccc(CC)c(Cl)c2C)cc1. The van der Waals surface area contributed by atoms with Crippen molar-refractivity contribution in [3.63, 3.8) is 0 Å². The van der Waals surface area contributed by atoms with Crippen LogP contribution in [0.2, 0.25) is 5.02 Å². The lowest BCUT2D eigenvalue weighted by atomic mass is 9.97. The fraction of sp³-hybridized carbons (Fsp3) is 0.333. The molecule has 0 spiro atoms. The molecule has 0 saturated carbocycles.